The van der Waals surface area contributed by atoms with Crippen molar-refractivity contribution in [3.05, 3.63) is 29.3 Å². The summed E-state index contributed by atoms with van der Waals surface area (Å²) in [4.78, 5) is 11.5. The van der Waals surface area contributed by atoms with Gasteiger partial charge in [-0.1, -0.05) is 6.07 Å². The molecule has 0 saturated carbocycles. The first-order valence-corrected chi connectivity index (χ1v) is 9.30. The van der Waals surface area contributed by atoms with Crippen molar-refractivity contribution < 1.29 is 13.2 Å². The van der Waals surface area contributed by atoms with Crippen LogP contribution in [0, 0.1) is 0 Å². The van der Waals surface area contributed by atoms with Gasteiger partial charge in [-0.05, 0) is 55.4 Å². The fourth-order valence-electron chi connectivity index (χ4n) is 3.37. The minimum absolute atomic E-state index is 0.0788. The highest BCUT2D eigenvalue weighted by Gasteiger charge is 2.33. The van der Waals surface area contributed by atoms with Gasteiger partial charge in [-0.25, -0.2) is 8.42 Å². The Bertz CT molecular complexity index is 685. The van der Waals surface area contributed by atoms with E-state index >= 15 is 0 Å². The highest BCUT2D eigenvalue weighted by molar-refractivity contribution is 7.89. The SMILES string of the molecule is CC(=O)NC1CCN(S(=O)(=O)c2ccc3c(c2)CCCC3)C1. The number of carbonyl (C=O) groups excluding carboxylic acids is 1. The molecule has 5 nitrogen and oxygen atoms in total. The third-order valence-corrected chi connectivity index (χ3v) is 6.38. The van der Waals surface area contributed by atoms with E-state index < -0.39 is 10.0 Å². The van der Waals surface area contributed by atoms with Gasteiger partial charge >= 0.3 is 0 Å². The molecule has 1 amide bonds. The van der Waals surface area contributed by atoms with E-state index in [-0.39, 0.29) is 11.9 Å². The second-order valence-electron chi connectivity index (χ2n) is 6.19. The average molecular weight is 322 g/mol. The largest absolute Gasteiger partial charge is 0.352 e. The second-order valence-corrected chi connectivity index (χ2v) is 8.12. The molecule has 120 valence electrons. The number of hydrogen-bond donors (Lipinski definition) is 1. The molecule has 1 aromatic rings. The Kier molecular flexibility index (Phi) is 4.23. The van der Waals surface area contributed by atoms with Crippen LogP contribution >= 0.6 is 0 Å². The molecule has 22 heavy (non-hydrogen) atoms. The molecule has 0 bridgehead atoms. The number of sulfonamides is 1. The number of rotatable bonds is 3. The molecular weight excluding hydrogens is 300 g/mol. The second kappa shape index (κ2) is 6.01. The Labute approximate surface area is 131 Å². The first-order valence-electron chi connectivity index (χ1n) is 7.86. The van der Waals surface area contributed by atoms with E-state index in [1.165, 1.54) is 28.8 Å². The van der Waals surface area contributed by atoms with Crippen LogP contribution in [-0.2, 0) is 27.7 Å². The third kappa shape index (κ3) is 3.03. The summed E-state index contributed by atoms with van der Waals surface area (Å²) < 4.78 is 27.0. The van der Waals surface area contributed by atoms with Crippen molar-refractivity contribution in [3.8, 4) is 0 Å². The molecule has 1 aliphatic carbocycles. The fourth-order valence-corrected chi connectivity index (χ4v) is 4.92. The van der Waals surface area contributed by atoms with E-state index in [9.17, 15) is 13.2 Å². The Hall–Kier alpha value is -1.40. The van der Waals surface area contributed by atoms with Crippen molar-refractivity contribution in [2.24, 2.45) is 0 Å². The zero-order valence-corrected chi connectivity index (χ0v) is 13.7. The monoisotopic (exact) mass is 322 g/mol. The summed E-state index contributed by atoms with van der Waals surface area (Å²) in [5.74, 6) is -0.113. The van der Waals surface area contributed by atoms with Gasteiger partial charge in [0.1, 0.15) is 0 Å². The van der Waals surface area contributed by atoms with Gasteiger partial charge in [0.2, 0.25) is 15.9 Å². The highest BCUT2D eigenvalue weighted by Crippen LogP contribution is 2.27. The minimum atomic E-state index is -3.46. The van der Waals surface area contributed by atoms with E-state index in [0.717, 1.165) is 19.3 Å². The normalized spacial score (nSPS) is 22.3. The molecule has 1 fully saturated rings. The zero-order valence-electron chi connectivity index (χ0n) is 12.8. The van der Waals surface area contributed by atoms with Gasteiger partial charge in [0.25, 0.3) is 0 Å². The summed E-state index contributed by atoms with van der Waals surface area (Å²) in [5.41, 5.74) is 2.45. The molecule has 6 heteroatoms. The summed E-state index contributed by atoms with van der Waals surface area (Å²) >= 11 is 0. The number of carbonyl (C=O) groups is 1. The summed E-state index contributed by atoms with van der Waals surface area (Å²) in [6, 6.07) is 5.45. The van der Waals surface area contributed by atoms with Gasteiger partial charge in [0.15, 0.2) is 0 Å². The van der Waals surface area contributed by atoms with Crippen LogP contribution in [0.15, 0.2) is 23.1 Å². The third-order valence-electron chi connectivity index (χ3n) is 4.52. The molecule has 0 spiro atoms. The minimum Gasteiger partial charge on any atom is -0.352 e. The number of amides is 1. The summed E-state index contributed by atoms with van der Waals surface area (Å²) in [6.07, 6.45) is 5.00. The van der Waals surface area contributed by atoms with Gasteiger partial charge in [-0.15, -0.1) is 0 Å². The quantitative estimate of drug-likeness (QED) is 0.916. The van der Waals surface area contributed by atoms with Crippen LogP contribution < -0.4 is 5.32 Å². The standard InChI is InChI=1S/C16H22N2O3S/c1-12(19)17-15-8-9-18(11-15)22(20,21)16-7-6-13-4-2-3-5-14(13)10-16/h6-7,10,15H,2-5,8-9,11H2,1H3,(H,17,19). The molecule has 1 atom stereocenters. The van der Waals surface area contributed by atoms with Gasteiger partial charge < -0.3 is 5.32 Å². The number of nitrogens with zero attached hydrogens (tertiary/aromatic N) is 1. The van der Waals surface area contributed by atoms with Crippen molar-refractivity contribution in [2.45, 2.75) is 50.0 Å². The maximum absolute atomic E-state index is 12.8. The Morgan fingerprint density at radius 3 is 2.68 bits per heavy atom. The molecule has 1 aromatic carbocycles. The van der Waals surface area contributed by atoms with Crippen molar-refractivity contribution in [2.75, 3.05) is 13.1 Å². The summed E-state index contributed by atoms with van der Waals surface area (Å²) in [6.45, 7) is 2.28. The lowest BCUT2D eigenvalue weighted by Crippen LogP contribution is -2.37. The number of hydrogen-bond acceptors (Lipinski definition) is 3. The van der Waals surface area contributed by atoms with Crippen LogP contribution in [0.25, 0.3) is 0 Å². The Morgan fingerprint density at radius 1 is 1.23 bits per heavy atom. The lowest BCUT2D eigenvalue weighted by Gasteiger charge is -2.20. The number of aryl methyl sites for hydroxylation is 2. The molecular formula is C16H22N2O3S. The van der Waals surface area contributed by atoms with E-state index in [2.05, 4.69) is 5.32 Å². The van der Waals surface area contributed by atoms with Gasteiger partial charge in [0, 0.05) is 26.1 Å². The van der Waals surface area contributed by atoms with Gasteiger partial charge in [0.05, 0.1) is 4.90 Å². The number of benzene rings is 1. The van der Waals surface area contributed by atoms with Crippen molar-refractivity contribution in [1.29, 1.82) is 0 Å². The lowest BCUT2D eigenvalue weighted by atomic mass is 9.92. The molecule has 0 radical (unpaired) electrons. The van der Waals surface area contributed by atoms with Crippen LogP contribution in [0.2, 0.25) is 0 Å². The van der Waals surface area contributed by atoms with Crippen molar-refractivity contribution in [1.82, 2.24) is 9.62 Å². The predicted octanol–water partition coefficient (Wildman–Crippen LogP) is 1.46. The average Bonchev–Trinajstić information content (AvgIpc) is 2.95. The highest BCUT2D eigenvalue weighted by atomic mass is 32.2. The van der Waals surface area contributed by atoms with Crippen LogP contribution in [0.5, 0.6) is 0 Å². The summed E-state index contributed by atoms with van der Waals surface area (Å²) in [7, 11) is -3.46. The van der Waals surface area contributed by atoms with Crippen molar-refractivity contribution >= 4 is 15.9 Å². The smallest absolute Gasteiger partial charge is 0.243 e. The molecule has 1 aliphatic heterocycles. The number of fused-ring (bicyclic) bond motifs is 1. The topological polar surface area (TPSA) is 66.5 Å². The number of nitrogens with one attached hydrogen (secondary N) is 1. The van der Waals surface area contributed by atoms with Crippen LogP contribution in [0.1, 0.15) is 37.3 Å². The molecule has 2 aliphatic rings. The van der Waals surface area contributed by atoms with Crippen LogP contribution in [-0.4, -0.2) is 37.8 Å². The molecule has 1 unspecified atom stereocenters. The molecule has 0 aromatic heterocycles. The van der Waals surface area contributed by atoms with Crippen LogP contribution in [0.4, 0.5) is 0 Å². The maximum atomic E-state index is 12.8. The molecule has 1 heterocycles. The lowest BCUT2D eigenvalue weighted by molar-refractivity contribution is -0.119. The van der Waals surface area contributed by atoms with E-state index in [1.54, 1.807) is 6.07 Å². The predicted molar refractivity (Wildman–Crippen MR) is 84.1 cm³/mol. The van der Waals surface area contributed by atoms with Gasteiger partial charge in [-0.2, -0.15) is 4.31 Å². The molecule has 3 rings (SSSR count). The zero-order chi connectivity index (χ0) is 15.7. The van der Waals surface area contributed by atoms with E-state index in [1.807, 2.05) is 12.1 Å². The summed E-state index contributed by atoms with van der Waals surface area (Å²) in [5, 5.41) is 2.80. The van der Waals surface area contributed by atoms with Crippen LogP contribution in [0.3, 0.4) is 0 Å². The Morgan fingerprint density at radius 2 is 1.95 bits per heavy atom. The fraction of sp³-hybridized carbons (Fsp3) is 0.562. The first-order chi connectivity index (χ1) is 10.5. The van der Waals surface area contributed by atoms with Gasteiger partial charge in [-0.3, -0.25) is 4.79 Å². The Balaban J connectivity index is 1.80. The molecule has 1 N–H and O–H groups in total. The maximum Gasteiger partial charge on any atom is 0.243 e. The van der Waals surface area contributed by atoms with E-state index in [0.29, 0.717) is 24.4 Å². The first kappa shape index (κ1) is 15.5. The van der Waals surface area contributed by atoms with E-state index in [4.69, 9.17) is 0 Å². The van der Waals surface area contributed by atoms with Crippen molar-refractivity contribution in [3.63, 3.8) is 0 Å². The molecule has 1 saturated heterocycles.